The van der Waals surface area contributed by atoms with E-state index in [1.807, 2.05) is 13.8 Å². The van der Waals surface area contributed by atoms with Crippen molar-refractivity contribution in [2.24, 2.45) is 11.7 Å². The summed E-state index contributed by atoms with van der Waals surface area (Å²) in [5, 5.41) is 5.94. The van der Waals surface area contributed by atoms with Crippen LogP contribution in [0.4, 0.5) is 0 Å². The molecule has 98 valence electrons. The van der Waals surface area contributed by atoms with E-state index in [1.165, 1.54) is 0 Å². The van der Waals surface area contributed by atoms with Crippen LogP contribution < -0.4 is 16.4 Å². The summed E-state index contributed by atoms with van der Waals surface area (Å²) in [7, 11) is 0. The minimum absolute atomic E-state index is 0.0160. The van der Waals surface area contributed by atoms with Crippen LogP contribution in [-0.4, -0.2) is 30.4 Å². The molecule has 0 saturated carbocycles. The van der Waals surface area contributed by atoms with Gasteiger partial charge in [-0.2, -0.15) is 0 Å². The van der Waals surface area contributed by atoms with E-state index in [-0.39, 0.29) is 17.9 Å². The van der Waals surface area contributed by atoms with Crippen LogP contribution in [-0.2, 0) is 9.59 Å². The van der Waals surface area contributed by atoms with Crippen molar-refractivity contribution in [1.29, 1.82) is 0 Å². The Hall–Kier alpha value is -1.10. The maximum atomic E-state index is 12.0. The Morgan fingerprint density at radius 1 is 1.29 bits per heavy atom. The van der Waals surface area contributed by atoms with E-state index < -0.39 is 11.9 Å². The lowest BCUT2D eigenvalue weighted by atomic mass is 10.0. The van der Waals surface area contributed by atoms with Gasteiger partial charge in [0.05, 0.1) is 6.04 Å². The Bertz CT molecular complexity index is 271. The highest BCUT2D eigenvalue weighted by atomic mass is 16.2. The molecule has 1 aliphatic heterocycles. The predicted molar refractivity (Wildman–Crippen MR) is 66.2 cm³/mol. The molecular weight excluding hydrogens is 218 g/mol. The SMILES string of the molecule is CC(C)C(NC(=O)C1CCCCCN1)C(N)=O. The number of primary amides is 1. The molecule has 5 heteroatoms. The van der Waals surface area contributed by atoms with Gasteiger partial charge in [-0.1, -0.05) is 26.7 Å². The summed E-state index contributed by atoms with van der Waals surface area (Å²) in [6, 6.07) is -0.759. The average Bonchev–Trinajstić information content (AvgIpc) is 2.52. The zero-order valence-electron chi connectivity index (χ0n) is 10.7. The molecule has 0 aromatic carbocycles. The van der Waals surface area contributed by atoms with Crippen LogP contribution in [0.2, 0.25) is 0 Å². The van der Waals surface area contributed by atoms with Crippen LogP contribution in [0.3, 0.4) is 0 Å². The third-order valence-corrected chi connectivity index (χ3v) is 3.15. The Balaban J connectivity index is 2.53. The summed E-state index contributed by atoms with van der Waals surface area (Å²) < 4.78 is 0. The lowest BCUT2D eigenvalue weighted by Crippen LogP contribution is -2.53. The summed E-state index contributed by atoms with van der Waals surface area (Å²) in [5.74, 6) is -0.561. The van der Waals surface area contributed by atoms with Crippen LogP contribution >= 0.6 is 0 Å². The van der Waals surface area contributed by atoms with Crippen LogP contribution in [0.1, 0.15) is 39.5 Å². The number of nitrogens with two attached hydrogens (primary N) is 1. The van der Waals surface area contributed by atoms with Crippen molar-refractivity contribution in [1.82, 2.24) is 10.6 Å². The molecule has 2 atom stereocenters. The second-order valence-electron chi connectivity index (χ2n) is 4.99. The standard InChI is InChI=1S/C12H23N3O2/c1-8(2)10(11(13)16)15-12(17)9-6-4-3-5-7-14-9/h8-10,14H,3-7H2,1-2H3,(H2,13,16)(H,15,17). The van der Waals surface area contributed by atoms with Crippen LogP contribution in [0.15, 0.2) is 0 Å². The number of rotatable bonds is 4. The van der Waals surface area contributed by atoms with E-state index in [9.17, 15) is 9.59 Å². The van der Waals surface area contributed by atoms with Gasteiger partial charge in [0.15, 0.2) is 0 Å². The number of carbonyl (C=O) groups excluding carboxylic acids is 2. The summed E-state index contributed by atoms with van der Waals surface area (Å²) in [4.78, 5) is 23.2. The monoisotopic (exact) mass is 241 g/mol. The lowest BCUT2D eigenvalue weighted by Gasteiger charge is -2.22. The summed E-state index contributed by atoms with van der Waals surface area (Å²) in [6.07, 6.45) is 4.14. The molecule has 0 aliphatic carbocycles. The van der Waals surface area contributed by atoms with Crippen LogP contribution in [0.25, 0.3) is 0 Å². The van der Waals surface area contributed by atoms with Crippen molar-refractivity contribution in [3.05, 3.63) is 0 Å². The smallest absolute Gasteiger partial charge is 0.240 e. The Labute approximate surface area is 103 Å². The number of hydrogen-bond donors (Lipinski definition) is 3. The topological polar surface area (TPSA) is 84.2 Å². The zero-order chi connectivity index (χ0) is 12.8. The van der Waals surface area contributed by atoms with Gasteiger partial charge in [0.1, 0.15) is 6.04 Å². The zero-order valence-corrected chi connectivity index (χ0v) is 10.7. The van der Waals surface area contributed by atoms with Crippen molar-refractivity contribution in [2.75, 3.05) is 6.54 Å². The van der Waals surface area contributed by atoms with Crippen molar-refractivity contribution in [3.8, 4) is 0 Å². The predicted octanol–water partition coefficient (Wildman–Crippen LogP) is 0.145. The van der Waals surface area contributed by atoms with E-state index in [1.54, 1.807) is 0 Å². The molecule has 1 aliphatic rings. The van der Waals surface area contributed by atoms with E-state index in [0.717, 1.165) is 32.2 Å². The molecule has 17 heavy (non-hydrogen) atoms. The molecule has 0 bridgehead atoms. The summed E-state index contributed by atoms with van der Waals surface area (Å²) in [5.41, 5.74) is 5.27. The second-order valence-corrected chi connectivity index (χ2v) is 4.99. The molecule has 0 spiro atoms. The first kappa shape index (κ1) is 14.0. The van der Waals surface area contributed by atoms with Crippen LogP contribution in [0.5, 0.6) is 0 Å². The minimum atomic E-state index is -0.576. The first-order valence-corrected chi connectivity index (χ1v) is 6.35. The van der Waals surface area contributed by atoms with Crippen molar-refractivity contribution in [3.63, 3.8) is 0 Å². The normalized spacial score (nSPS) is 22.9. The van der Waals surface area contributed by atoms with Crippen molar-refractivity contribution < 1.29 is 9.59 Å². The van der Waals surface area contributed by atoms with Crippen molar-refractivity contribution in [2.45, 2.75) is 51.6 Å². The van der Waals surface area contributed by atoms with Gasteiger partial charge in [-0.05, 0) is 25.3 Å². The Kier molecular flexibility index (Phi) is 5.41. The maximum Gasteiger partial charge on any atom is 0.240 e. The van der Waals surface area contributed by atoms with Gasteiger partial charge in [-0.3, -0.25) is 9.59 Å². The maximum absolute atomic E-state index is 12.0. The molecule has 4 N–H and O–H groups in total. The third kappa shape index (κ3) is 4.34. The molecule has 1 fully saturated rings. The fourth-order valence-electron chi connectivity index (χ4n) is 2.07. The molecule has 0 radical (unpaired) electrons. The highest BCUT2D eigenvalue weighted by Gasteiger charge is 2.26. The fraction of sp³-hybridized carbons (Fsp3) is 0.833. The molecule has 0 aromatic rings. The minimum Gasteiger partial charge on any atom is -0.368 e. The van der Waals surface area contributed by atoms with E-state index in [0.29, 0.717) is 0 Å². The number of carbonyl (C=O) groups is 2. The summed E-state index contributed by atoms with van der Waals surface area (Å²) >= 11 is 0. The highest BCUT2D eigenvalue weighted by molar-refractivity contribution is 5.89. The summed E-state index contributed by atoms with van der Waals surface area (Å²) in [6.45, 7) is 4.60. The van der Waals surface area contributed by atoms with Gasteiger partial charge in [0.25, 0.3) is 0 Å². The van der Waals surface area contributed by atoms with Crippen molar-refractivity contribution >= 4 is 11.8 Å². The van der Waals surface area contributed by atoms with E-state index in [2.05, 4.69) is 10.6 Å². The molecule has 0 aromatic heterocycles. The average molecular weight is 241 g/mol. The quantitative estimate of drug-likeness (QED) is 0.655. The highest BCUT2D eigenvalue weighted by Crippen LogP contribution is 2.09. The van der Waals surface area contributed by atoms with E-state index >= 15 is 0 Å². The molecule has 2 unspecified atom stereocenters. The Morgan fingerprint density at radius 3 is 2.59 bits per heavy atom. The molecule has 1 heterocycles. The third-order valence-electron chi connectivity index (χ3n) is 3.15. The Morgan fingerprint density at radius 2 is 2.00 bits per heavy atom. The number of amides is 2. The first-order chi connectivity index (χ1) is 8.02. The molecule has 1 rings (SSSR count). The number of hydrogen-bond acceptors (Lipinski definition) is 3. The van der Waals surface area contributed by atoms with Gasteiger partial charge in [-0.25, -0.2) is 0 Å². The number of nitrogens with one attached hydrogen (secondary N) is 2. The largest absolute Gasteiger partial charge is 0.368 e. The van der Waals surface area contributed by atoms with Gasteiger partial charge in [-0.15, -0.1) is 0 Å². The first-order valence-electron chi connectivity index (χ1n) is 6.35. The lowest BCUT2D eigenvalue weighted by molar-refractivity contribution is -0.129. The molecule has 2 amide bonds. The van der Waals surface area contributed by atoms with Gasteiger partial charge in [0.2, 0.25) is 11.8 Å². The van der Waals surface area contributed by atoms with Gasteiger partial charge >= 0.3 is 0 Å². The second kappa shape index (κ2) is 6.59. The van der Waals surface area contributed by atoms with Crippen LogP contribution in [0, 0.1) is 5.92 Å². The molecule has 1 saturated heterocycles. The van der Waals surface area contributed by atoms with Gasteiger partial charge in [0, 0.05) is 0 Å². The fourth-order valence-corrected chi connectivity index (χ4v) is 2.07. The molecular formula is C12H23N3O2. The van der Waals surface area contributed by atoms with E-state index in [4.69, 9.17) is 5.73 Å². The van der Waals surface area contributed by atoms with Gasteiger partial charge < -0.3 is 16.4 Å². The molecule has 5 nitrogen and oxygen atoms in total.